The van der Waals surface area contributed by atoms with Crippen molar-refractivity contribution in [2.45, 2.75) is 57.8 Å². The molecule has 1 aromatic heterocycles. The first-order chi connectivity index (χ1) is 15.1. The van der Waals surface area contributed by atoms with Crippen molar-refractivity contribution in [1.29, 1.82) is 0 Å². The number of carbonyl (C=O) groups is 1. The molecule has 1 N–H and O–H groups in total. The molecule has 1 aromatic carbocycles. The number of alkyl halides is 3. The van der Waals surface area contributed by atoms with Crippen LogP contribution in [0.15, 0.2) is 24.4 Å². The second-order valence-electron chi connectivity index (χ2n) is 9.30. The molecule has 180 valence electrons. The van der Waals surface area contributed by atoms with E-state index >= 15 is 0 Å². The van der Waals surface area contributed by atoms with Crippen molar-refractivity contribution in [1.82, 2.24) is 14.9 Å². The third-order valence-corrected chi connectivity index (χ3v) is 6.62. The summed E-state index contributed by atoms with van der Waals surface area (Å²) in [6, 6.07) is 4.38. The molecule has 11 heteroatoms. The van der Waals surface area contributed by atoms with Crippen molar-refractivity contribution < 1.29 is 23.1 Å². The van der Waals surface area contributed by atoms with Gasteiger partial charge in [0.25, 0.3) is 0 Å². The maximum atomic E-state index is 13.9. The highest BCUT2D eigenvalue weighted by molar-refractivity contribution is 6.43. The van der Waals surface area contributed by atoms with E-state index in [1.807, 2.05) is 27.7 Å². The molecule has 1 saturated heterocycles. The molecule has 33 heavy (non-hydrogen) atoms. The van der Waals surface area contributed by atoms with E-state index in [4.69, 9.17) is 23.2 Å². The van der Waals surface area contributed by atoms with Crippen LogP contribution in [0.2, 0.25) is 10.0 Å². The molecule has 2 aromatic rings. The number of hydrogen-bond donors (Lipinski definition) is 1. The van der Waals surface area contributed by atoms with Gasteiger partial charge in [-0.05, 0) is 46.6 Å². The summed E-state index contributed by atoms with van der Waals surface area (Å²) in [5, 5.41) is 9.85. The molecule has 1 aliphatic heterocycles. The number of amides is 1. The van der Waals surface area contributed by atoms with Gasteiger partial charge in [0.15, 0.2) is 5.69 Å². The molecule has 0 saturated carbocycles. The fourth-order valence-corrected chi connectivity index (χ4v) is 4.77. The fourth-order valence-electron chi connectivity index (χ4n) is 4.38. The highest BCUT2D eigenvalue weighted by Gasteiger charge is 2.44. The third-order valence-electron chi connectivity index (χ3n) is 5.80. The lowest BCUT2D eigenvalue weighted by atomic mass is 9.84. The summed E-state index contributed by atoms with van der Waals surface area (Å²) < 4.78 is 41.7. The number of nitrogens with zero attached hydrogens (tertiary/aromatic N) is 4. The molecule has 0 bridgehead atoms. The van der Waals surface area contributed by atoms with Crippen LogP contribution in [0.5, 0.6) is 0 Å². The Morgan fingerprint density at radius 3 is 2.30 bits per heavy atom. The Kier molecular flexibility index (Phi) is 6.79. The summed E-state index contributed by atoms with van der Waals surface area (Å²) in [7, 11) is 0. The normalized spacial score (nSPS) is 16.6. The Morgan fingerprint density at radius 2 is 1.79 bits per heavy atom. The largest absolute Gasteiger partial charge is 0.465 e. The Hall–Kier alpha value is -2.26. The molecule has 0 spiro atoms. The maximum absolute atomic E-state index is 13.9. The number of halogens is 5. The number of anilines is 1. The molecule has 2 heterocycles. The van der Waals surface area contributed by atoms with E-state index < -0.39 is 34.7 Å². The van der Waals surface area contributed by atoms with Crippen molar-refractivity contribution in [3.8, 4) is 11.3 Å². The number of piperidine rings is 1. The molecule has 1 amide bonds. The molecule has 0 atom stereocenters. The van der Waals surface area contributed by atoms with Crippen LogP contribution >= 0.6 is 23.2 Å². The van der Waals surface area contributed by atoms with Crippen molar-refractivity contribution >= 4 is 35.1 Å². The van der Waals surface area contributed by atoms with E-state index in [1.54, 1.807) is 4.90 Å². The molecule has 0 unspecified atom stereocenters. The predicted molar refractivity (Wildman–Crippen MR) is 122 cm³/mol. The molecule has 3 rings (SSSR count). The zero-order valence-electron chi connectivity index (χ0n) is 18.7. The highest BCUT2D eigenvalue weighted by Crippen LogP contribution is 2.41. The van der Waals surface area contributed by atoms with E-state index in [1.165, 1.54) is 29.3 Å². The Labute approximate surface area is 200 Å². The Balaban J connectivity index is 1.93. The van der Waals surface area contributed by atoms with E-state index in [0.29, 0.717) is 25.9 Å². The van der Waals surface area contributed by atoms with Crippen molar-refractivity contribution in [3.05, 3.63) is 40.1 Å². The third kappa shape index (κ3) is 5.14. The van der Waals surface area contributed by atoms with Crippen LogP contribution in [0.25, 0.3) is 11.3 Å². The van der Waals surface area contributed by atoms with Crippen molar-refractivity contribution in [2.75, 3.05) is 18.0 Å². The van der Waals surface area contributed by atoms with Gasteiger partial charge in [0.2, 0.25) is 0 Å². The van der Waals surface area contributed by atoms with Gasteiger partial charge >= 0.3 is 12.3 Å². The molecule has 0 radical (unpaired) electrons. The molecule has 1 aliphatic rings. The number of hydrogen-bond acceptors (Lipinski definition) is 4. The smallest absolute Gasteiger partial charge is 0.435 e. The first kappa shape index (κ1) is 25.4. The number of rotatable bonds is 3. The lowest BCUT2D eigenvalue weighted by molar-refractivity contribution is -0.140. The first-order valence-corrected chi connectivity index (χ1v) is 11.1. The average molecular weight is 505 g/mol. The summed E-state index contributed by atoms with van der Waals surface area (Å²) >= 11 is 12.1. The SMILES string of the molecule is CC(C)(C)N(C(=O)O)C1(C)CCN(c2cnc(-c3cccc(Cl)c3Cl)c(C(F)(F)F)n2)CC1. The second-order valence-corrected chi connectivity index (χ2v) is 10.1. The molecule has 1 fully saturated rings. The molecular weight excluding hydrogens is 480 g/mol. The lowest BCUT2D eigenvalue weighted by Gasteiger charge is -2.51. The number of benzene rings is 1. The topological polar surface area (TPSA) is 69.6 Å². The minimum atomic E-state index is -4.76. The van der Waals surface area contributed by atoms with Gasteiger partial charge in [-0.1, -0.05) is 35.3 Å². The molecule has 0 aliphatic carbocycles. The number of aromatic nitrogens is 2. The standard InChI is InChI=1S/C22H25Cl2F3N4O2/c1-20(2,3)31(19(32)33)21(4)8-10-30(11-9-21)15-12-28-17(18(29-15)22(25,26)27)13-6-5-7-14(23)16(13)24/h5-7,12H,8-11H2,1-4H3,(H,32,33). The van der Waals surface area contributed by atoms with Crippen LogP contribution in [-0.2, 0) is 6.18 Å². The van der Waals surface area contributed by atoms with E-state index in [9.17, 15) is 23.1 Å². The Morgan fingerprint density at radius 1 is 1.18 bits per heavy atom. The fraction of sp³-hybridized carbons (Fsp3) is 0.500. The summed E-state index contributed by atoms with van der Waals surface area (Å²) in [4.78, 5) is 23.0. The summed E-state index contributed by atoms with van der Waals surface area (Å²) in [6.45, 7) is 7.98. The van der Waals surface area contributed by atoms with E-state index in [0.717, 1.165) is 0 Å². The van der Waals surface area contributed by atoms with Gasteiger partial charge < -0.3 is 10.0 Å². The minimum absolute atomic E-state index is 0.0311. The number of carboxylic acid groups (broad SMARTS) is 1. The molecular formula is C22H25Cl2F3N4O2. The van der Waals surface area contributed by atoms with Gasteiger partial charge in [0.1, 0.15) is 11.5 Å². The quantitative estimate of drug-likeness (QED) is 0.509. The Bertz CT molecular complexity index is 1050. The van der Waals surface area contributed by atoms with Crippen molar-refractivity contribution in [3.63, 3.8) is 0 Å². The summed E-state index contributed by atoms with van der Waals surface area (Å²) in [6.07, 6.45) is -3.65. The zero-order chi connectivity index (χ0) is 24.8. The van der Waals surface area contributed by atoms with Crippen LogP contribution in [-0.4, -0.2) is 50.2 Å². The van der Waals surface area contributed by atoms with Gasteiger partial charge in [-0.15, -0.1) is 0 Å². The van der Waals surface area contributed by atoms with Crippen LogP contribution in [0.3, 0.4) is 0 Å². The van der Waals surface area contributed by atoms with Gasteiger partial charge in [0, 0.05) is 29.7 Å². The first-order valence-electron chi connectivity index (χ1n) is 10.3. The summed E-state index contributed by atoms with van der Waals surface area (Å²) in [5.41, 5.74) is -2.78. The highest BCUT2D eigenvalue weighted by atomic mass is 35.5. The second kappa shape index (κ2) is 8.83. The van der Waals surface area contributed by atoms with E-state index in [-0.39, 0.29) is 21.4 Å². The zero-order valence-corrected chi connectivity index (χ0v) is 20.2. The van der Waals surface area contributed by atoms with Gasteiger partial charge in [-0.2, -0.15) is 13.2 Å². The van der Waals surface area contributed by atoms with Gasteiger partial charge in [-0.3, -0.25) is 9.88 Å². The lowest BCUT2D eigenvalue weighted by Crippen LogP contribution is -2.61. The van der Waals surface area contributed by atoms with E-state index in [2.05, 4.69) is 9.97 Å². The monoisotopic (exact) mass is 504 g/mol. The average Bonchev–Trinajstić information content (AvgIpc) is 2.68. The summed E-state index contributed by atoms with van der Waals surface area (Å²) in [5.74, 6) is 0.0731. The van der Waals surface area contributed by atoms with Crippen LogP contribution in [0.1, 0.15) is 46.2 Å². The van der Waals surface area contributed by atoms with Crippen molar-refractivity contribution in [2.24, 2.45) is 0 Å². The van der Waals surface area contributed by atoms with Crippen LogP contribution in [0.4, 0.5) is 23.8 Å². The predicted octanol–water partition coefficient (Wildman–Crippen LogP) is 6.61. The minimum Gasteiger partial charge on any atom is -0.465 e. The maximum Gasteiger partial charge on any atom is 0.435 e. The van der Waals surface area contributed by atoms with Crippen LogP contribution < -0.4 is 4.90 Å². The molecule has 6 nitrogen and oxygen atoms in total. The van der Waals surface area contributed by atoms with Crippen LogP contribution in [0, 0.1) is 0 Å². The van der Waals surface area contributed by atoms with Gasteiger partial charge in [0.05, 0.1) is 16.2 Å². The van der Waals surface area contributed by atoms with Gasteiger partial charge in [-0.25, -0.2) is 9.78 Å².